The molecule has 0 saturated carbocycles. The van der Waals surface area contributed by atoms with Crippen molar-refractivity contribution in [2.75, 3.05) is 0 Å². The molecule has 66 valence electrons. The van der Waals surface area contributed by atoms with Crippen LogP contribution in [0.2, 0.25) is 0 Å². The highest BCUT2D eigenvalue weighted by molar-refractivity contribution is 4.92. The normalized spacial score (nSPS) is 11.6. The zero-order chi connectivity index (χ0) is 9.03. The molecule has 0 aromatic carbocycles. The summed E-state index contributed by atoms with van der Waals surface area (Å²) in [5.41, 5.74) is 0.321. The second-order valence-corrected chi connectivity index (χ2v) is 3.86. The number of nitrogens with zero attached hydrogens (tertiary/aromatic N) is 2. The third kappa shape index (κ3) is 2.61. The Bertz CT molecular complexity index is 229. The van der Waals surface area contributed by atoms with Crippen LogP contribution in [-0.2, 0) is 6.42 Å². The van der Waals surface area contributed by atoms with Crippen LogP contribution in [0.15, 0.2) is 18.5 Å². The van der Waals surface area contributed by atoms with Crippen LogP contribution in [-0.4, -0.2) is 9.97 Å². The van der Waals surface area contributed by atoms with Crippen LogP contribution in [0.1, 0.15) is 33.0 Å². The molecule has 0 radical (unpaired) electrons. The summed E-state index contributed by atoms with van der Waals surface area (Å²) in [5.74, 6) is 0.948. The van der Waals surface area contributed by atoms with Crippen molar-refractivity contribution in [2.24, 2.45) is 5.41 Å². The first-order valence-electron chi connectivity index (χ1n) is 4.40. The van der Waals surface area contributed by atoms with E-state index in [0.29, 0.717) is 5.41 Å². The van der Waals surface area contributed by atoms with E-state index in [1.54, 1.807) is 12.4 Å². The largest absolute Gasteiger partial charge is 0.241 e. The molecule has 0 amide bonds. The summed E-state index contributed by atoms with van der Waals surface area (Å²) in [6.45, 7) is 6.68. The van der Waals surface area contributed by atoms with Gasteiger partial charge in [-0.25, -0.2) is 9.97 Å². The second-order valence-electron chi connectivity index (χ2n) is 3.86. The molecule has 0 unspecified atom stereocenters. The number of hydrogen-bond donors (Lipinski definition) is 0. The van der Waals surface area contributed by atoms with Gasteiger partial charge in [0, 0.05) is 18.8 Å². The molecule has 0 aliphatic carbocycles. The molecule has 12 heavy (non-hydrogen) atoms. The van der Waals surface area contributed by atoms with E-state index >= 15 is 0 Å². The monoisotopic (exact) mass is 164 g/mol. The van der Waals surface area contributed by atoms with Gasteiger partial charge < -0.3 is 0 Å². The van der Waals surface area contributed by atoms with E-state index in [0.717, 1.165) is 18.7 Å². The minimum atomic E-state index is 0.321. The zero-order valence-corrected chi connectivity index (χ0v) is 8.04. The molecule has 1 rings (SSSR count). The Morgan fingerprint density at radius 1 is 1.25 bits per heavy atom. The molecule has 0 aliphatic rings. The van der Waals surface area contributed by atoms with Crippen molar-refractivity contribution < 1.29 is 0 Å². The molecule has 0 saturated heterocycles. The van der Waals surface area contributed by atoms with Gasteiger partial charge in [-0.05, 0) is 11.5 Å². The van der Waals surface area contributed by atoms with Gasteiger partial charge in [0.1, 0.15) is 5.82 Å². The number of rotatable bonds is 3. The van der Waals surface area contributed by atoms with Crippen molar-refractivity contribution in [2.45, 2.75) is 33.6 Å². The third-order valence-electron chi connectivity index (χ3n) is 2.21. The van der Waals surface area contributed by atoms with Crippen LogP contribution in [0.25, 0.3) is 0 Å². The van der Waals surface area contributed by atoms with Gasteiger partial charge >= 0.3 is 0 Å². The van der Waals surface area contributed by atoms with E-state index in [-0.39, 0.29) is 0 Å². The van der Waals surface area contributed by atoms with E-state index in [1.807, 2.05) is 6.07 Å². The van der Waals surface area contributed by atoms with Gasteiger partial charge in [0.2, 0.25) is 0 Å². The van der Waals surface area contributed by atoms with Gasteiger partial charge in [-0.2, -0.15) is 0 Å². The molecule has 1 aromatic heterocycles. The minimum absolute atomic E-state index is 0.321. The van der Waals surface area contributed by atoms with Gasteiger partial charge in [0.15, 0.2) is 0 Å². The first kappa shape index (κ1) is 9.17. The van der Waals surface area contributed by atoms with Crippen molar-refractivity contribution in [3.05, 3.63) is 24.3 Å². The van der Waals surface area contributed by atoms with Crippen LogP contribution < -0.4 is 0 Å². The quantitative estimate of drug-likeness (QED) is 0.685. The Balaban J connectivity index is 2.64. The standard InChI is InChI=1S/C10H16N2/c1-4-10(2,3)8-9-11-6-5-7-12-9/h5-7H,4,8H2,1-3H3. The lowest BCUT2D eigenvalue weighted by molar-refractivity contribution is 0.341. The second kappa shape index (κ2) is 3.65. The Hall–Kier alpha value is -0.920. The van der Waals surface area contributed by atoms with E-state index < -0.39 is 0 Å². The van der Waals surface area contributed by atoms with Crippen molar-refractivity contribution in [3.8, 4) is 0 Å². The highest BCUT2D eigenvalue weighted by atomic mass is 14.8. The van der Waals surface area contributed by atoms with Gasteiger partial charge in [-0.15, -0.1) is 0 Å². The zero-order valence-electron chi connectivity index (χ0n) is 8.04. The summed E-state index contributed by atoms with van der Waals surface area (Å²) in [7, 11) is 0. The lowest BCUT2D eigenvalue weighted by Crippen LogP contribution is -2.15. The average molecular weight is 164 g/mol. The fourth-order valence-corrected chi connectivity index (χ4v) is 0.974. The predicted octanol–water partition coefficient (Wildman–Crippen LogP) is 2.46. The Morgan fingerprint density at radius 3 is 2.33 bits per heavy atom. The molecule has 2 heteroatoms. The third-order valence-corrected chi connectivity index (χ3v) is 2.21. The summed E-state index contributed by atoms with van der Waals surface area (Å²) < 4.78 is 0. The Labute approximate surface area is 74.1 Å². The fourth-order valence-electron chi connectivity index (χ4n) is 0.974. The van der Waals surface area contributed by atoms with E-state index in [2.05, 4.69) is 30.7 Å². The van der Waals surface area contributed by atoms with E-state index in [1.165, 1.54) is 0 Å². The first-order chi connectivity index (χ1) is 5.64. The molecular weight excluding hydrogens is 148 g/mol. The molecule has 0 N–H and O–H groups in total. The SMILES string of the molecule is CCC(C)(C)Cc1ncccn1. The smallest absolute Gasteiger partial charge is 0.128 e. The number of aromatic nitrogens is 2. The van der Waals surface area contributed by atoms with Crippen molar-refractivity contribution in [1.82, 2.24) is 9.97 Å². The molecule has 2 nitrogen and oxygen atoms in total. The summed E-state index contributed by atoms with van der Waals surface area (Å²) >= 11 is 0. The molecule has 1 aromatic rings. The molecule has 0 bridgehead atoms. The molecule has 1 heterocycles. The topological polar surface area (TPSA) is 25.8 Å². The molecule has 0 fully saturated rings. The Kier molecular flexibility index (Phi) is 2.79. The predicted molar refractivity (Wildman–Crippen MR) is 49.8 cm³/mol. The van der Waals surface area contributed by atoms with Crippen LogP contribution in [0.4, 0.5) is 0 Å². The fraction of sp³-hybridized carbons (Fsp3) is 0.600. The van der Waals surface area contributed by atoms with Crippen LogP contribution in [0.5, 0.6) is 0 Å². The van der Waals surface area contributed by atoms with Crippen molar-refractivity contribution >= 4 is 0 Å². The number of hydrogen-bond acceptors (Lipinski definition) is 2. The maximum absolute atomic E-state index is 4.20. The molecular formula is C10H16N2. The summed E-state index contributed by atoms with van der Waals surface area (Å²) in [4.78, 5) is 8.40. The van der Waals surface area contributed by atoms with Crippen LogP contribution in [0, 0.1) is 5.41 Å². The first-order valence-corrected chi connectivity index (χ1v) is 4.40. The minimum Gasteiger partial charge on any atom is -0.241 e. The highest BCUT2D eigenvalue weighted by Gasteiger charge is 2.16. The van der Waals surface area contributed by atoms with Gasteiger partial charge in [-0.3, -0.25) is 0 Å². The lowest BCUT2D eigenvalue weighted by atomic mass is 9.86. The van der Waals surface area contributed by atoms with Crippen LogP contribution >= 0.6 is 0 Å². The highest BCUT2D eigenvalue weighted by Crippen LogP contribution is 2.23. The van der Waals surface area contributed by atoms with Crippen molar-refractivity contribution in [1.29, 1.82) is 0 Å². The van der Waals surface area contributed by atoms with Crippen molar-refractivity contribution in [3.63, 3.8) is 0 Å². The van der Waals surface area contributed by atoms with Crippen LogP contribution in [0.3, 0.4) is 0 Å². The summed E-state index contributed by atoms with van der Waals surface area (Å²) in [5, 5.41) is 0. The Morgan fingerprint density at radius 2 is 1.83 bits per heavy atom. The lowest BCUT2D eigenvalue weighted by Gasteiger charge is -2.20. The maximum atomic E-state index is 4.20. The summed E-state index contributed by atoms with van der Waals surface area (Å²) in [6, 6.07) is 1.85. The van der Waals surface area contributed by atoms with E-state index in [4.69, 9.17) is 0 Å². The maximum Gasteiger partial charge on any atom is 0.128 e. The average Bonchev–Trinajstić information content (AvgIpc) is 2.06. The van der Waals surface area contributed by atoms with Gasteiger partial charge in [-0.1, -0.05) is 27.2 Å². The molecule has 0 spiro atoms. The summed E-state index contributed by atoms with van der Waals surface area (Å²) in [6.07, 6.45) is 5.72. The van der Waals surface area contributed by atoms with Gasteiger partial charge in [0.05, 0.1) is 0 Å². The van der Waals surface area contributed by atoms with E-state index in [9.17, 15) is 0 Å². The van der Waals surface area contributed by atoms with Gasteiger partial charge in [0.25, 0.3) is 0 Å². The molecule has 0 aliphatic heterocycles. The molecule has 0 atom stereocenters.